The lowest BCUT2D eigenvalue weighted by atomic mass is 10.1. The molecule has 1 amide bonds. The maximum absolute atomic E-state index is 11.4. The average molecular weight is 358 g/mol. The molecule has 1 N–H and O–H groups in total. The van der Waals surface area contributed by atoms with E-state index in [1.807, 2.05) is 13.8 Å². The monoisotopic (exact) mass is 357 g/mol. The highest BCUT2D eigenvalue weighted by atomic mass is 16.5. The van der Waals surface area contributed by atoms with E-state index in [4.69, 9.17) is 9.47 Å². The molecule has 0 saturated carbocycles. The zero-order valence-corrected chi connectivity index (χ0v) is 17.3. The second kappa shape index (κ2) is 18.2. The summed E-state index contributed by atoms with van der Waals surface area (Å²) in [5, 5.41) is 2.96. The van der Waals surface area contributed by atoms with E-state index in [2.05, 4.69) is 19.2 Å². The van der Waals surface area contributed by atoms with Gasteiger partial charge in [-0.1, -0.05) is 66.2 Å². The summed E-state index contributed by atoms with van der Waals surface area (Å²) in [6.45, 7) is 12.4. The third-order valence-corrected chi connectivity index (χ3v) is 4.23. The SMILES string of the molecule is CC(C)CCCCCOCCOCCCCCCCNC(=O)C(C)C. The molecule has 4 heteroatoms. The Labute approximate surface area is 156 Å². The lowest BCUT2D eigenvalue weighted by Gasteiger charge is -2.08. The molecule has 0 bridgehead atoms. The molecule has 0 atom stereocenters. The van der Waals surface area contributed by atoms with Gasteiger partial charge in [0.1, 0.15) is 0 Å². The van der Waals surface area contributed by atoms with Gasteiger partial charge in [0.05, 0.1) is 13.2 Å². The molecule has 0 saturated heterocycles. The van der Waals surface area contributed by atoms with Gasteiger partial charge in [-0.15, -0.1) is 0 Å². The molecule has 25 heavy (non-hydrogen) atoms. The zero-order valence-electron chi connectivity index (χ0n) is 17.3. The summed E-state index contributed by atoms with van der Waals surface area (Å²) in [5.74, 6) is 1.07. The Morgan fingerprint density at radius 3 is 1.80 bits per heavy atom. The molecule has 0 aromatic rings. The van der Waals surface area contributed by atoms with Crippen LogP contribution >= 0.6 is 0 Å². The van der Waals surface area contributed by atoms with Crippen LogP contribution in [0.15, 0.2) is 0 Å². The van der Waals surface area contributed by atoms with Gasteiger partial charge < -0.3 is 14.8 Å². The van der Waals surface area contributed by atoms with Crippen molar-refractivity contribution in [2.75, 3.05) is 33.0 Å². The van der Waals surface area contributed by atoms with Crippen molar-refractivity contribution in [1.82, 2.24) is 5.32 Å². The van der Waals surface area contributed by atoms with Crippen LogP contribution in [0.1, 0.15) is 85.5 Å². The summed E-state index contributed by atoms with van der Waals surface area (Å²) >= 11 is 0. The van der Waals surface area contributed by atoms with Crippen molar-refractivity contribution in [1.29, 1.82) is 0 Å². The molecule has 150 valence electrons. The van der Waals surface area contributed by atoms with Crippen molar-refractivity contribution in [2.24, 2.45) is 11.8 Å². The number of rotatable bonds is 18. The van der Waals surface area contributed by atoms with Crippen LogP contribution in [0.4, 0.5) is 0 Å². The number of amides is 1. The molecule has 0 aliphatic rings. The molecule has 0 rings (SSSR count). The van der Waals surface area contributed by atoms with Gasteiger partial charge in [0, 0.05) is 25.7 Å². The number of hydrogen-bond acceptors (Lipinski definition) is 3. The molecule has 0 aromatic carbocycles. The van der Waals surface area contributed by atoms with E-state index in [9.17, 15) is 4.79 Å². The minimum atomic E-state index is 0.0889. The third kappa shape index (κ3) is 19.6. The van der Waals surface area contributed by atoms with Crippen molar-refractivity contribution in [3.05, 3.63) is 0 Å². The minimum absolute atomic E-state index is 0.0889. The topological polar surface area (TPSA) is 47.6 Å². The molecule has 0 aliphatic heterocycles. The Morgan fingerprint density at radius 2 is 1.24 bits per heavy atom. The smallest absolute Gasteiger partial charge is 0.222 e. The second-order valence-electron chi connectivity index (χ2n) is 7.68. The van der Waals surface area contributed by atoms with Gasteiger partial charge >= 0.3 is 0 Å². The van der Waals surface area contributed by atoms with Gasteiger partial charge in [-0.25, -0.2) is 0 Å². The van der Waals surface area contributed by atoms with Crippen molar-refractivity contribution >= 4 is 5.91 Å². The van der Waals surface area contributed by atoms with Crippen LogP contribution in [-0.4, -0.2) is 38.9 Å². The number of carbonyl (C=O) groups is 1. The van der Waals surface area contributed by atoms with Gasteiger partial charge in [-0.3, -0.25) is 4.79 Å². The van der Waals surface area contributed by atoms with E-state index in [0.717, 1.165) is 45.1 Å². The maximum atomic E-state index is 11.4. The fourth-order valence-electron chi connectivity index (χ4n) is 2.53. The molecule has 0 radical (unpaired) electrons. The lowest BCUT2D eigenvalue weighted by Crippen LogP contribution is -2.28. The van der Waals surface area contributed by atoms with Gasteiger partial charge in [-0.05, 0) is 25.2 Å². The Bertz CT molecular complexity index is 293. The molecular weight excluding hydrogens is 314 g/mol. The Kier molecular flexibility index (Phi) is 17.7. The van der Waals surface area contributed by atoms with Gasteiger partial charge in [0.2, 0.25) is 5.91 Å². The highest BCUT2D eigenvalue weighted by Gasteiger charge is 2.04. The van der Waals surface area contributed by atoms with Crippen LogP contribution in [0.2, 0.25) is 0 Å². The van der Waals surface area contributed by atoms with Crippen molar-refractivity contribution < 1.29 is 14.3 Å². The molecule has 0 spiro atoms. The van der Waals surface area contributed by atoms with E-state index in [1.54, 1.807) is 0 Å². The van der Waals surface area contributed by atoms with Gasteiger partial charge in [0.15, 0.2) is 0 Å². The summed E-state index contributed by atoms with van der Waals surface area (Å²) in [4.78, 5) is 11.4. The molecular formula is C21H43NO3. The fourth-order valence-corrected chi connectivity index (χ4v) is 2.53. The van der Waals surface area contributed by atoms with E-state index < -0.39 is 0 Å². The molecule has 0 aromatic heterocycles. The molecule has 4 nitrogen and oxygen atoms in total. The largest absolute Gasteiger partial charge is 0.379 e. The van der Waals surface area contributed by atoms with E-state index in [-0.39, 0.29) is 11.8 Å². The number of unbranched alkanes of at least 4 members (excludes halogenated alkanes) is 6. The predicted molar refractivity (Wildman–Crippen MR) is 106 cm³/mol. The number of carbonyl (C=O) groups excluding carboxylic acids is 1. The highest BCUT2D eigenvalue weighted by molar-refractivity contribution is 5.77. The van der Waals surface area contributed by atoms with Gasteiger partial charge in [-0.2, -0.15) is 0 Å². The molecule has 0 aliphatic carbocycles. The normalized spacial score (nSPS) is 11.4. The van der Waals surface area contributed by atoms with Crippen LogP contribution in [-0.2, 0) is 14.3 Å². The maximum Gasteiger partial charge on any atom is 0.222 e. The average Bonchev–Trinajstić information content (AvgIpc) is 2.57. The van der Waals surface area contributed by atoms with Crippen LogP contribution in [0, 0.1) is 11.8 Å². The van der Waals surface area contributed by atoms with E-state index in [1.165, 1.54) is 44.9 Å². The predicted octanol–water partition coefficient (Wildman–Crippen LogP) is 4.96. The number of ether oxygens (including phenoxy) is 2. The number of nitrogens with one attached hydrogen (secondary N) is 1. The van der Waals surface area contributed by atoms with E-state index in [0.29, 0.717) is 6.61 Å². The Balaban J connectivity index is 3.06. The fraction of sp³-hybridized carbons (Fsp3) is 0.952. The first kappa shape index (κ1) is 24.4. The van der Waals surface area contributed by atoms with Crippen molar-refractivity contribution in [3.8, 4) is 0 Å². The first-order chi connectivity index (χ1) is 12.0. The highest BCUT2D eigenvalue weighted by Crippen LogP contribution is 2.08. The number of hydrogen-bond donors (Lipinski definition) is 1. The standard InChI is InChI=1S/C21H43NO3/c1-19(2)13-9-8-12-16-25-18-17-24-15-11-7-5-6-10-14-22-21(23)20(3)4/h19-20H,5-18H2,1-4H3,(H,22,23). The summed E-state index contributed by atoms with van der Waals surface area (Å²) in [5.41, 5.74) is 0. The molecule has 0 fully saturated rings. The minimum Gasteiger partial charge on any atom is -0.379 e. The Hall–Kier alpha value is -0.610. The third-order valence-electron chi connectivity index (χ3n) is 4.23. The van der Waals surface area contributed by atoms with Crippen molar-refractivity contribution in [2.45, 2.75) is 85.5 Å². The van der Waals surface area contributed by atoms with Crippen LogP contribution in [0.5, 0.6) is 0 Å². The second-order valence-corrected chi connectivity index (χ2v) is 7.68. The van der Waals surface area contributed by atoms with Gasteiger partial charge in [0.25, 0.3) is 0 Å². The summed E-state index contributed by atoms with van der Waals surface area (Å²) in [6.07, 6.45) is 10.9. The Morgan fingerprint density at radius 1 is 0.720 bits per heavy atom. The zero-order chi connectivity index (χ0) is 18.8. The van der Waals surface area contributed by atoms with Crippen molar-refractivity contribution in [3.63, 3.8) is 0 Å². The lowest BCUT2D eigenvalue weighted by molar-refractivity contribution is -0.123. The molecule has 0 unspecified atom stereocenters. The van der Waals surface area contributed by atoms with Crippen LogP contribution in [0.25, 0.3) is 0 Å². The quantitative estimate of drug-likeness (QED) is 0.353. The van der Waals surface area contributed by atoms with Crippen LogP contribution < -0.4 is 5.32 Å². The van der Waals surface area contributed by atoms with Crippen LogP contribution in [0.3, 0.4) is 0 Å². The summed E-state index contributed by atoms with van der Waals surface area (Å²) in [7, 11) is 0. The first-order valence-corrected chi connectivity index (χ1v) is 10.5. The summed E-state index contributed by atoms with van der Waals surface area (Å²) < 4.78 is 11.2. The molecule has 0 heterocycles. The summed E-state index contributed by atoms with van der Waals surface area (Å²) in [6, 6.07) is 0. The van der Waals surface area contributed by atoms with E-state index >= 15 is 0 Å². The first-order valence-electron chi connectivity index (χ1n) is 10.5.